The van der Waals surface area contributed by atoms with Crippen LogP contribution in [-0.2, 0) is 11.4 Å². The number of carbonyl (C=O) groups is 1. The minimum Gasteiger partial charge on any atom is -0.489 e. The van der Waals surface area contributed by atoms with Gasteiger partial charge in [0.05, 0.1) is 5.92 Å². The van der Waals surface area contributed by atoms with Gasteiger partial charge < -0.3 is 9.84 Å². The van der Waals surface area contributed by atoms with Crippen molar-refractivity contribution in [3.63, 3.8) is 0 Å². The molecule has 0 saturated heterocycles. The smallest absolute Gasteiger partial charge is 0.310 e. The number of carboxylic acid groups (broad SMARTS) is 1. The van der Waals surface area contributed by atoms with E-state index in [9.17, 15) is 4.79 Å². The molecule has 3 nitrogen and oxygen atoms in total. The second-order valence-electron chi connectivity index (χ2n) is 4.55. The Kier molecular flexibility index (Phi) is 4.64. The summed E-state index contributed by atoms with van der Waals surface area (Å²) in [5.74, 6) is -0.619. The van der Waals surface area contributed by atoms with Gasteiger partial charge in [-0.05, 0) is 36.2 Å². The molecule has 20 heavy (non-hydrogen) atoms. The Bertz CT molecular complexity index is 593. The van der Waals surface area contributed by atoms with Crippen LogP contribution in [0.4, 0.5) is 0 Å². The third kappa shape index (κ3) is 3.75. The molecule has 1 unspecified atom stereocenters. The SMILES string of the molecule is CC(C(=O)O)c1ccc(COc2cccc(Cl)c2)cc1. The Balaban J connectivity index is 1.99. The van der Waals surface area contributed by atoms with Gasteiger partial charge in [0.1, 0.15) is 12.4 Å². The molecule has 1 N–H and O–H groups in total. The predicted molar refractivity (Wildman–Crippen MR) is 78.3 cm³/mol. The number of carboxylic acids is 1. The van der Waals surface area contributed by atoms with E-state index in [-0.39, 0.29) is 0 Å². The number of aliphatic carboxylic acids is 1. The van der Waals surface area contributed by atoms with Gasteiger partial charge in [0.2, 0.25) is 0 Å². The summed E-state index contributed by atoms with van der Waals surface area (Å²) in [6.45, 7) is 2.09. The third-order valence-corrected chi connectivity index (χ3v) is 3.29. The predicted octanol–water partition coefficient (Wildman–Crippen LogP) is 4.11. The molecule has 0 heterocycles. The second-order valence-corrected chi connectivity index (χ2v) is 4.98. The summed E-state index contributed by atoms with van der Waals surface area (Å²) in [6.07, 6.45) is 0. The molecule has 0 aliphatic rings. The highest BCUT2D eigenvalue weighted by atomic mass is 35.5. The first-order chi connectivity index (χ1) is 9.56. The van der Waals surface area contributed by atoms with E-state index >= 15 is 0 Å². The molecule has 0 radical (unpaired) electrons. The summed E-state index contributed by atoms with van der Waals surface area (Å²) in [7, 11) is 0. The van der Waals surface area contributed by atoms with E-state index in [4.69, 9.17) is 21.4 Å². The van der Waals surface area contributed by atoms with Crippen LogP contribution >= 0.6 is 11.6 Å². The zero-order chi connectivity index (χ0) is 14.5. The molecule has 0 saturated carbocycles. The average molecular weight is 291 g/mol. The third-order valence-electron chi connectivity index (χ3n) is 3.05. The highest BCUT2D eigenvalue weighted by Gasteiger charge is 2.12. The second kappa shape index (κ2) is 6.44. The molecule has 0 spiro atoms. The van der Waals surface area contributed by atoms with E-state index in [0.29, 0.717) is 17.4 Å². The Hall–Kier alpha value is -2.00. The van der Waals surface area contributed by atoms with Gasteiger partial charge >= 0.3 is 5.97 Å². The number of hydrogen-bond acceptors (Lipinski definition) is 2. The monoisotopic (exact) mass is 290 g/mol. The fourth-order valence-electron chi connectivity index (χ4n) is 1.77. The fraction of sp³-hybridized carbons (Fsp3) is 0.188. The summed E-state index contributed by atoms with van der Waals surface area (Å²) in [6, 6.07) is 14.6. The van der Waals surface area contributed by atoms with Gasteiger partial charge in [0, 0.05) is 5.02 Å². The minimum atomic E-state index is -0.826. The summed E-state index contributed by atoms with van der Waals surface area (Å²) in [5, 5.41) is 9.58. The normalized spacial score (nSPS) is 11.9. The summed E-state index contributed by atoms with van der Waals surface area (Å²) >= 11 is 5.88. The first kappa shape index (κ1) is 14.4. The molecule has 1 atom stereocenters. The van der Waals surface area contributed by atoms with Crippen LogP contribution < -0.4 is 4.74 Å². The zero-order valence-corrected chi connectivity index (χ0v) is 11.8. The standard InChI is InChI=1S/C16H15ClO3/c1-11(16(18)19)13-7-5-12(6-8-13)10-20-15-4-2-3-14(17)9-15/h2-9,11H,10H2,1H3,(H,18,19). The largest absolute Gasteiger partial charge is 0.489 e. The molecule has 0 aliphatic carbocycles. The Morgan fingerprint density at radius 2 is 1.95 bits per heavy atom. The van der Waals surface area contributed by atoms with Gasteiger partial charge in [-0.1, -0.05) is 41.9 Å². The average Bonchev–Trinajstić information content (AvgIpc) is 2.45. The number of hydrogen-bond donors (Lipinski definition) is 1. The van der Waals surface area contributed by atoms with E-state index in [2.05, 4.69) is 0 Å². The quantitative estimate of drug-likeness (QED) is 0.901. The molecule has 2 rings (SSSR count). The Morgan fingerprint density at radius 1 is 1.25 bits per heavy atom. The molecule has 0 fully saturated rings. The molecular formula is C16H15ClO3. The molecule has 2 aromatic rings. The molecule has 4 heteroatoms. The summed E-state index contributed by atoms with van der Waals surface area (Å²) in [4.78, 5) is 10.9. The van der Waals surface area contributed by atoms with Crippen LogP contribution in [0.2, 0.25) is 5.02 Å². The molecule has 0 aliphatic heterocycles. The van der Waals surface area contributed by atoms with Crippen molar-refractivity contribution in [3.05, 3.63) is 64.7 Å². The topological polar surface area (TPSA) is 46.5 Å². The molecular weight excluding hydrogens is 276 g/mol. The van der Waals surface area contributed by atoms with E-state index < -0.39 is 11.9 Å². The Labute approximate surface area is 122 Å². The molecule has 104 valence electrons. The zero-order valence-electron chi connectivity index (χ0n) is 11.0. The van der Waals surface area contributed by atoms with Gasteiger partial charge in [-0.25, -0.2) is 0 Å². The van der Waals surface area contributed by atoms with Crippen LogP contribution in [0.25, 0.3) is 0 Å². The van der Waals surface area contributed by atoms with Gasteiger partial charge in [0.15, 0.2) is 0 Å². The first-order valence-electron chi connectivity index (χ1n) is 6.26. The van der Waals surface area contributed by atoms with E-state index in [1.54, 1.807) is 19.1 Å². The Morgan fingerprint density at radius 3 is 2.55 bits per heavy atom. The van der Waals surface area contributed by atoms with Crippen molar-refractivity contribution in [2.75, 3.05) is 0 Å². The maximum atomic E-state index is 10.9. The highest BCUT2D eigenvalue weighted by Crippen LogP contribution is 2.20. The lowest BCUT2D eigenvalue weighted by molar-refractivity contribution is -0.138. The highest BCUT2D eigenvalue weighted by molar-refractivity contribution is 6.30. The van der Waals surface area contributed by atoms with Crippen LogP contribution in [0.3, 0.4) is 0 Å². The fourth-order valence-corrected chi connectivity index (χ4v) is 1.95. The lowest BCUT2D eigenvalue weighted by Gasteiger charge is -2.09. The van der Waals surface area contributed by atoms with Gasteiger partial charge in [-0.15, -0.1) is 0 Å². The van der Waals surface area contributed by atoms with Crippen molar-refractivity contribution in [1.29, 1.82) is 0 Å². The van der Waals surface area contributed by atoms with Crippen molar-refractivity contribution < 1.29 is 14.6 Å². The van der Waals surface area contributed by atoms with Crippen molar-refractivity contribution in [1.82, 2.24) is 0 Å². The van der Waals surface area contributed by atoms with Gasteiger partial charge in [-0.3, -0.25) is 4.79 Å². The van der Waals surface area contributed by atoms with Gasteiger partial charge in [-0.2, -0.15) is 0 Å². The number of benzene rings is 2. The minimum absolute atomic E-state index is 0.419. The molecule has 0 aromatic heterocycles. The van der Waals surface area contributed by atoms with E-state index in [1.165, 1.54) is 0 Å². The first-order valence-corrected chi connectivity index (χ1v) is 6.64. The van der Waals surface area contributed by atoms with Crippen LogP contribution in [-0.4, -0.2) is 11.1 Å². The number of ether oxygens (including phenoxy) is 1. The van der Waals surface area contributed by atoms with Crippen LogP contribution in [0.15, 0.2) is 48.5 Å². The van der Waals surface area contributed by atoms with Crippen molar-refractivity contribution in [2.24, 2.45) is 0 Å². The molecule has 0 amide bonds. The van der Waals surface area contributed by atoms with Crippen LogP contribution in [0.1, 0.15) is 24.0 Å². The lowest BCUT2D eigenvalue weighted by atomic mass is 10.0. The summed E-state index contributed by atoms with van der Waals surface area (Å²) in [5.41, 5.74) is 1.76. The van der Waals surface area contributed by atoms with E-state index in [0.717, 1.165) is 11.1 Å². The lowest BCUT2D eigenvalue weighted by Crippen LogP contribution is -2.07. The van der Waals surface area contributed by atoms with Crippen LogP contribution in [0, 0.1) is 0 Å². The maximum absolute atomic E-state index is 10.9. The molecule has 2 aromatic carbocycles. The van der Waals surface area contributed by atoms with Crippen LogP contribution in [0.5, 0.6) is 5.75 Å². The summed E-state index contributed by atoms with van der Waals surface area (Å²) < 4.78 is 5.62. The number of halogens is 1. The van der Waals surface area contributed by atoms with Crippen molar-refractivity contribution >= 4 is 17.6 Å². The molecule has 0 bridgehead atoms. The number of rotatable bonds is 5. The van der Waals surface area contributed by atoms with Crippen molar-refractivity contribution in [2.45, 2.75) is 19.4 Å². The van der Waals surface area contributed by atoms with Crippen molar-refractivity contribution in [3.8, 4) is 5.75 Å². The van der Waals surface area contributed by atoms with Gasteiger partial charge in [0.25, 0.3) is 0 Å². The maximum Gasteiger partial charge on any atom is 0.310 e. The van der Waals surface area contributed by atoms with E-state index in [1.807, 2.05) is 36.4 Å².